The quantitative estimate of drug-likeness (QED) is 0.707. The fraction of sp³-hybridized carbons (Fsp3) is 0.429. The molecule has 0 aliphatic carbocycles. The van der Waals surface area contributed by atoms with Gasteiger partial charge >= 0.3 is 0 Å². The minimum atomic E-state index is 0.418. The summed E-state index contributed by atoms with van der Waals surface area (Å²) in [6, 6.07) is 5.88. The molecule has 0 saturated carbocycles. The lowest BCUT2D eigenvalue weighted by molar-refractivity contribution is 0.199. The highest BCUT2D eigenvalue weighted by molar-refractivity contribution is 9.11. The van der Waals surface area contributed by atoms with Crippen molar-refractivity contribution in [2.45, 2.75) is 6.54 Å². The van der Waals surface area contributed by atoms with Crippen LogP contribution >= 0.6 is 15.9 Å². The molecule has 0 spiro atoms. The van der Waals surface area contributed by atoms with Gasteiger partial charge in [-0.3, -0.25) is 0 Å². The monoisotopic (exact) mass is 329 g/mol. The Hall–Kier alpha value is -1.04. The zero-order valence-corrected chi connectivity index (χ0v) is 13.0. The predicted molar refractivity (Wildman–Crippen MR) is 80.1 cm³/mol. The molecule has 1 aromatic carbocycles. The molecular weight excluding hydrogens is 310 g/mol. The van der Waals surface area contributed by atoms with Crippen molar-refractivity contribution < 1.29 is 14.2 Å². The van der Waals surface area contributed by atoms with Crippen LogP contribution in [0.3, 0.4) is 0 Å². The second-order valence-corrected chi connectivity index (χ2v) is 5.08. The maximum absolute atomic E-state index is 5.58. The number of benzene rings is 1. The fourth-order valence-corrected chi connectivity index (χ4v) is 1.62. The van der Waals surface area contributed by atoms with Crippen LogP contribution in [0.1, 0.15) is 5.56 Å². The molecule has 1 aromatic rings. The van der Waals surface area contributed by atoms with E-state index >= 15 is 0 Å². The van der Waals surface area contributed by atoms with Crippen molar-refractivity contribution in [2.75, 3.05) is 34.0 Å². The summed E-state index contributed by atoms with van der Waals surface area (Å²) in [7, 11) is 3.32. The van der Waals surface area contributed by atoms with Crippen LogP contribution in [0.25, 0.3) is 0 Å². The highest BCUT2D eigenvalue weighted by Gasteiger charge is 2.06. The van der Waals surface area contributed by atoms with Crippen molar-refractivity contribution >= 4 is 15.9 Å². The second-order valence-electron chi connectivity index (χ2n) is 3.96. The van der Waals surface area contributed by atoms with Crippen LogP contribution in [-0.2, 0) is 11.3 Å². The van der Waals surface area contributed by atoms with Crippen LogP contribution in [-0.4, -0.2) is 34.0 Å². The molecule has 0 unspecified atom stereocenters. The van der Waals surface area contributed by atoms with Crippen molar-refractivity contribution in [1.29, 1.82) is 0 Å². The van der Waals surface area contributed by atoms with Crippen molar-refractivity contribution in [3.63, 3.8) is 0 Å². The summed E-state index contributed by atoms with van der Waals surface area (Å²) in [5.41, 5.74) is 1.14. The summed E-state index contributed by atoms with van der Waals surface area (Å²) in [5.74, 6) is 1.43. The Morgan fingerprint density at radius 3 is 2.74 bits per heavy atom. The molecule has 0 aliphatic heterocycles. The van der Waals surface area contributed by atoms with Crippen molar-refractivity contribution in [1.82, 2.24) is 5.32 Å². The average molecular weight is 330 g/mol. The molecule has 0 fully saturated rings. The van der Waals surface area contributed by atoms with E-state index in [0.29, 0.717) is 19.0 Å². The zero-order chi connectivity index (χ0) is 14.1. The zero-order valence-electron chi connectivity index (χ0n) is 11.4. The minimum Gasteiger partial charge on any atom is -0.493 e. The van der Waals surface area contributed by atoms with E-state index in [0.717, 1.165) is 28.9 Å². The van der Waals surface area contributed by atoms with E-state index < -0.39 is 0 Å². The number of hydrogen-bond acceptors (Lipinski definition) is 4. The van der Waals surface area contributed by atoms with Crippen molar-refractivity contribution in [3.05, 3.63) is 34.8 Å². The molecule has 0 bridgehead atoms. The molecule has 0 aromatic heterocycles. The van der Waals surface area contributed by atoms with Crippen LogP contribution < -0.4 is 14.8 Å². The molecule has 106 valence electrons. The summed E-state index contributed by atoms with van der Waals surface area (Å²) < 4.78 is 16.7. The first-order chi connectivity index (χ1) is 9.17. The number of rotatable bonds is 9. The van der Waals surface area contributed by atoms with Gasteiger partial charge < -0.3 is 19.5 Å². The maximum atomic E-state index is 5.58. The summed E-state index contributed by atoms with van der Waals surface area (Å²) in [5, 5.41) is 3.28. The van der Waals surface area contributed by atoms with Gasteiger partial charge in [-0.25, -0.2) is 0 Å². The van der Waals surface area contributed by atoms with Gasteiger partial charge in [0.05, 0.1) is 13.7 Å². The first-order valence-electron chi connectivity index (χ1n) is 6.00. The third-order valence-electron chi connectivity index (χ3n) is 2.42. The van der Waals surface area contributed by atoms with Gasteiger partial charge in [-0.2, -0.15) is 0 Å². The second kappa shape index (κ2) is 8.96. The molecule has 19 heavy (non-hydrogen) atoms. The third-order valence-corrected chi connectivity index (χ3v) is 2.65. The first-order valence-corrected chi connectivity index (χ1v) is 6.79. The van der Waals surface area contributed by atoms with Gasteiger partial charge in [-0.05, 0) is 17.7 Å². The Balaban J connectivity index is 2.59. The molecule has 0 radical (unpaired) electrons. The molecule has 1 rings (SSSR count). The largest absolute Gasteiger partial charge is 0.493 e. The van der Waals surface area contributed by atoms with Crippen LogP contribution in [0.15, 0.2) is 29.3 Å². The summed E-state index contributed by atoms with van der Waals surface area (Å²) in [6.45, 7) is 6.44. The highest BCUT2D eigenvalue weighted by atomic mass is 79.9. The standard InChI is InChI=1S/C14H20BrNO3/c1-11(15)10-19-13-5-4-12(8-14(13)18-3)9-16-6-7-17-2/h4-5,8,16H,1,6-7,9-10H2,2-3H3. The van der Waals surface area contributed by atoms with Gasteiger partial charge in [0.15, 0.2) is 11.5 Å². The van der Waals surface area contributed by atoms with E-state index in [1.807, 2.05) is 18.2 Å². The summed E-state index contributed by atoms with van der Waals surface area (Å²) >= 11 is 3.26. The van der Waals surface area contributed by atoms with Crippen molar-refractivity contribution in [3.8, 4) is 11.5 Å². The minimum absolute atomic E-state index is 0.418. The third kappa shape index (κ3) is 6.09. The molecule has 1 N–H and O–H groups in total. The molecule has 0 heterocycles. The Labute approximate surface area is 122 Å². The van der Waals surface area contributed by atoms with E-state index in [1.54, 1.807) is 14.2 Å². The van der Waals surface area contributed by atoms with Gasteiger partial charge in [-0.1, -0.05) is 28.6 Å². The van der Waals surface area contributed by atoms with E-state index in [2.05, 4.69) is 27.8 Å². The van der Waals surface area contributed by atoms with Gasteiger partial charge in [-0.15, -0.1) is 0 Å². The molecule has 5 heteroatoms. The number of halogens is 1. The Morgan fingerprint density at radius 1 is 1.32 bits per heavy atom. The van der Waals surface area contributed by atoms with Gasteiger partial charge in [0, 0.05) is 24.7 Å². The highest BCUT2D eigenvalue weighted by Crippen LogP contribution is 2.28. The molecule has 0 saturated heterocycles. The van der Waals surface area contributed by atoms with Gasteiger partial charge in [0.25, 0.3) is 0 Å². The molecule has 0 aliphatic rings. The first kappa shape index (κ1) is 16.0. The van der Waals surface area contributed by atoms with E-state index in [4.69, 9.17) is 14.2 Å². The smallest absolute Gasteiger partial charge is 0.161 e. The van der Waals surface area contributed by atoms with Gasteiger partial charge in [0.1, 0.15) is 6.61 Å². The van der Waals surface area contributed by atoms with Crippen LogP contribution in [0.2, 0.25) is 0 Å². The number of hydrogen-bond donors (Lipinski definition) is 1. The maximum Gasteiger partial charge on any atom is 0.161 e. The summed E-state index contributed by atoms with van der Waals surface area (Å²) in [6.07, 6.45) is 0. The molecule has 4 nitrogen and oxygen atoms in total. The van der Waals surface area contributed by atoms with Crippen LogP contribution in [0.5, 0.6) is 11.5 Å². The summed E-state index contributed by atoms with van der Waals surface area (Å²) in [4.78, 5) is 0. The van der Waals surface area contributed by atoms with Crippen LogP contribution in [0.4, 0.5) is 0 Å². The Morgan fingerprint density at radius 2 is 2.11 bits per heavy atom. The topological polar surface area (TPSA) is 39.7 Å². The normalized spacial score (nSPS) is 10.3. The Kier molecular flexibility index (Phi) is 7.55. The average Bonchev–Trinajstić information content (AvgIpc) is 2.41. The fourth-order valence-electron chi connectivity index (χ4n) is 1.50. The van der Waals surface area contributed by atoms with Gasteiger partial charge in [0.2, 0.25) is 0 Å². The van der Waals surface area contributed by atoms with E-state index in [-0.39, 0.29) is 0 Å². The number of ether oxygens (including phenoxy) is 3. The number of nitrogens with one attached hydrogen (secondary N) is 1. The lowest BCUT2D eigenvalue weighted by Crippen LogP contribution is -2.18. The molecule has 0 amide bonds. The number of methoxy groups -OCH3 is 2. The molecular formula is C14H20BrNO3. The Bertz CT molecular complexity index is 410. The van der Waals surface area contributed by atoms with E-state index in [9.17, 15) is 0 Å². The van der Waals surface area contributed by atoms with E-state index in [1.165, 1.54) is 0 Å². The lowest BCUT2D eigenvalue weighted by atomic mass is 10.2. The lowest BCUT2D eigenvalue weighted by Gasteiger charge is -2.12. The molecule has 0 atom stereocenters. The van der Waals surface area contributed by atoms with Crippen LogP contribution in [0, 0.1) is 0 Å². The SMILES string of the molecule is C=C(Br)COc1ccc(CNCCOC)cc1OC. The van der Waals surface area contributed by atoms with Crippen molar-refractivity contribution in [2.24, 2.45) is 0 Å². The predicted octanol–water partition coefficient (Wildman–Crippen LogP) is 2.72.